The van der Waals surface area contributed by atoms with E-state index in [-0.39, 0.29) is 30.0 Å². The molecule has 2 heterocycles. The summed E-state index contributed by atoms with van der Waals surface area (Å²) in [4.78, 5) is 41.1. The summed E-state index contributed by atoms with van der Waals surface area (Å²) in [6.45, 7) is 2.87. The topological polar surface area (TPSA) is 84.7 Å². The van der Waals surface area contributed by atoms with Crippen LogP contribution in [0.15, 0.2) is 41.2 Å². The maximum absolute atomic E-state index is 12.9. The number of hydrogen-bond acceptors (Lipinski definition) is 5. The molecule has 0 spiro atoms. The molecule has 8 heteroatoms. The third kappa shape index (κ3) is 5.06. The molecular weight excluding hydrogens is 384 g/mol. The van der Waals surface area contributed by atoms with Gasteiger partial charge in [-0.1, -0.05) is 6.07 Å². The lowest BCUT2D eigenvalue weighted by molar-refractivity contribution is -0.132. The van der Waals surface area contributed by atoms with E-state index in [0.29, 0.717) is 36.5 Å². The monoisotopic (exact) mass is 412 g/mol. The molecule has 1 aliphatic rings. The number of aromatic nitrogens is 2. The van der Waals surface area contributed by atoms with Crippen molar-refractivity contribution in [1.82, 2.24) is 19.6 Å². The number of rotatable bonds is 5. The van der Waals surface area contributed by atoms with Gasteiger partial charge in [-0.3, -0.25) is 14.4 Å². The number of aryl methyl sites for hydroxylation is 1. The van der Waals surface area contributed by atoms with Gasteiger partial charge >= 0.3 is 0 Å². The Balaban J connectivity index is 1.62. The summed E-state index contributed by atoms with van der Waals surface area (Å²) in [5.41, 5.74) is 0.986. The molecule has 3 rings (SSSR count). The van der Waals surface area contributed by atoms with Gasteiger partial charge in [-0.15, -0.1) is 0 Å². The van der Waals surface area contributed by atoms with Gasteiger partial charge in [0.2, 0.25) is 5.91 Å². The molecule has 1 aliphatic heterocycles. The highest BCUT2D eigenvalue weighted by molar-refractivity contribution is 5.94. The van der Waals surface area contributed by atoms with Gasteiger partial charge in [-0.05, 0) is 50.5 Å². The highest BCUT2D eigenvalue weighted by Crippen LogP contribution is 2.20. The van der Waals surface area contributed by atoms with Crippen LogP contribution in [-0.2, 0) is 11.3 Å². The molecule has 0 aliphatic carbocycles. The summed E-state index contributed by atoms with van der Waals surface area (Å²) in [6.07, 6.45) is 2.30. The van der Waals surface area contributed by atoms with E-state index in [1.54, 1.807) is 61.2 Å². The standard InChI is InChI=1S/C22H28N4O4/c1-16-9-10-20(27)26(23-16)15-21(28)25-12-5-7-18(11-13-25)24(2)22(29)17-6-4-8-19(14-17)30-3/h4,6,8-10,14,18H,5,7,11-13,15H2,1-3H3. The zero-order valence-corrected chi connectivity index (χ0v) is 17.7. The van der Waals surface area contributed by atoms with E-state index in [0.717, 1.165) is 12.8 Å². The summed E-state index contributed by atoms with van der Waals surface area (Å²) in [6, 6.07) is 10.2. The number of methoxy groups -OCH3 is 1. The smallest absolute Gasteiger partial charge is 0.267 e. The van der Waals surface area contributed by atoms with Gasteiger partial charge in [-0.25, -0.2) is 4.68 Å². The Hall–Kier alpha value is -3.16. The van der Waals surface area contributed by atoms with Gasteiger partial charge in [0.15, 0.2) is 0 Å². The SMILES string of the molecule is COc1cccc(C(=O)N(C)C2CCCN(C(=O)Cn3nc(C)ccc3=O)CC2)c1. The highest BCUT2D eigenvalue weighted by Gasteiger charge is 2.26. The van der Waals surface area contributed by atoms with E-state index in [4.69, 9.17) is 4.74 Å². The van der Waals surface area contributed by atoms with Gasteiger partial charge in [0.1, 0.15) is 12.3 Å². The minimum Gasteiger partial charge on any atom is -0.497 e. The molecule has 30 heavy (non-hydrogen) atoms. The molecule has 0 bridgehead atoms. The second-order valence-electron chi connectivity index (χ2n) is 7.58. The van der Waals surface area contributed by atoms with Crippen molar-refractivity contribution in [2.75, 3.05) is 27.2 Å². The van der Waals surface area contributed by atoms with Crippen LogP contribution in [0.2, 0.25) is 0 Å². The van der Waals surface area contributed by atoms with E-state index in [1.807, 2.05) is 0 Å². The molecule has 1 saturated heterocycles. The average molecular weight is 412 g/mol. The summed E-state index contributed by atoms with van der Waals surface area (Å²) in [7, 11) is 3.38. The van der Waals surface area contributed by atoms with Crippen LogP contribution in [0.5, 0.6) is 5.75 Å². The summed E-state index contributed by atoms with van der Waals surface area (Å²) < 4.78 is 6.42. The van der Waals surface area contributed by atoms with Gasteiger partial charge < -0.3 is 14.5 Å². The van der Waals surface area contributed by atoms with Crippen LogP contribution in [0.3, 0.4) is 0 Å². The van der Waals surface area contributed by atoms with Crippen molar-refractivity contribution in [3.8, 4) is 5.75 Å². The van der Waals surface area contributed by atoms with E-state index >= 15 is 0 Å². The van der Waals surface area contributed by atoms with Crippen molar-refractivity contribution in [2.45, 2.75) is 38.8 Å². The maximum atomic E-state index is 12.9. The van der Waals surface area contributed by atoms with Crippen LogP contribution in [0, 0.1) is 6.92 Å². The second kappa shape index (κ2) is 9.56. The van der Waals surface area contributed by atoms with E-state index in [1.165, 1.54) is 10.7 Å². The molecule has 8 nitrogen and oxygen atoms in total. The lowest BCUT2D eigenvalue weighted by Gasteiger charge is -2.27. The van der Waals surface area contributed by atoms with E-state index in [9.17, 15) is 14.4 Å². The second-order valence-corrected chi connectivity index (χ2v) is 7.58. The predicted molar refractivity (Wildman–Crippen MR) is 113 cm³/mol. The largest absolute Gasteiger partial charge is 0.497 e. The summed E-state index contributed by atoms with van der Waals surface area (Å²) in [5, 5.41) is 4.14. The van der Waals surface area contributed by atoms with Gasteiger partial charge in [0.25, 0.3) is 11.5 Å². The Morgan fingerprint density at radius 2 is 2.00 bits per heavy atom. The normalized spacial score (nSPS) is 16.6. The molecule has 1 fully saturated rings. The Labute approximate surface area is 176 Å². The van der Waals surface area contributed by atoms with Crippen LogP contribution in [0.25, 0.3) is 0 Å². The molecule has 2 amide bonds. The Kier molecular flexibility index (Phi) is 6.87. The number of carbonyl (C=O) groups is 2. The van der Waals surface area contributed by atoms with Gasteiger partial charge in [0, 0.05) is 37.8 Å². The summed E-state index contributed by atoms with van der Waals surface area (Å²) in [5.74, 6) is 0.457. The molecule has 1 aromatic heterocycles. The Bertz CT molecular complexity index is 972. The van der Waals surface area contributed by atoms with Crippen LogP contribution >= 0.6 is 0 Å². The maximum Gasteiger partial charge on any atom is 0.267 e. The number of amides is 2. The number of hydrogen-bond donors (Lipinski definition) is 0. The van der Waals surface area contributed by atoms with E-state index < -0.39 is 0 Å². The minimum absolute atomic E-state index is 0.0429. The van der Waals surface area contributed by atoms with Crippen LogP contribution < -0.4 is 10.3 Å². The van der Waals surface area contributed by atoms with Crippen molar-refractivity contribution in [1.29, 1.82) is 0 Å². The van der Waals surface area contributed by atoms with Crippen molar-refractivity contribution < 1.29 is 14.3 Å². The molecule has 2 aromatic rings. The Morgan fingerprint density at radius 3 is 2.77 bits per heavy atom. The van der Waals surface area contributed by atoms with Crippen molar-refractivity contribution in [3.63, 3.8) is 0 Å². The highest BCUT2D eigenvalue weighted by atomic mass is 16.5. The molecule has 0 radical (unpaired) electrons. The first-order chi connectivity index (χ1) is 14.4. The first-order valence-electron chi connectivity index (χ1n) is 10.1. The van der Waals surface area contributed by atoms with Crippen molar-refractivity contribution >= 4 is 11.8 Å². The quantitative estimate of drug-likeness (QED) is 0.747. The lowest BCUT2D eigenvalue weighted by Crippen LogP contribution is -2.40. The first-order valence-corrected chi connectivity index (χ1v) is 10.1. The third-order valence-electron chi connectivity index (χ3n) is 5.52. The third-order valence-corrected chi connectivity index (χ3v) is 5.52. The predicted octanol–water partition coefficient (Wildman–Crippen LogP) is 1.71. The summed E-state index contributed by atoms with van der Waals surface area (Å²) >= 11 is 0. The first kappa shape index (κ1) is 21.5. The fourth-order valence-electron chi connectivity index (χ4n) is 3.73. The Morgan fingerprint density at radius 1 is 1.20 bits per heavy atom. The number of carbonyl (C=O) groups excluding carboxylic acids is 2. The molecule has 1 atom stereocenters. The average Bonchev–Trinajstić information content (AvgIpc) is 3.01. The fraction of sp³-hybridized carbons (Fsp3) is 0.455. The number of ether oxygens (including phenoxy) is 1. The molecule has 0 saturated carbocycles. The number of nitrogens with zero attached hydrogens (tertiary/aromatic N) is 4. The van der Waals surface area contributed by atoms with E-state index in [2.05, 4.69) is 5.10 Å². The zero-order chi connectivity index (χ0) is 21.7. The molecule has 1 unspecified atom stereocenters. The minimum atomic E-state index is -0.287. The van der Waals surface area contributed by atoms with Crippen LogP contribution in [-0.4, -0.2) is 64.7 Å². The van der Waals surface area contributed by atoms with Crippen molar-refractivity contribution in [3.05, 3.63) is 58.0 Å². The molecular formula is C22H28N4O4. The molecule has 160 valence electrons. The fourth-order valence-corrected chi connectivity index (χ4v) is 3.73. The van der Waals surface area contributed by atoms with Gasteiger partial charge in [-0.2, -0.15) is 5.10 Å². The number of benzene rings is 1. The van der Waals surface area contributed by atoms with Crippen LogP contribution in [0.1, 0.15) is 35.3 Å². The lowest BCUT2D eigenvalue weighted by atomic mass is 10.1. The van der Waals surface area contributed by atoms with Gasteiger partial charge in [0.05, 0.1) is 12.8 Å². The molecule has 1 aromatic carbocycles. The molecule has 0 N–H and O–H groups in total. The van der Waals surface area contributed by atoms with Crippen LogP contribution in [0.4, 0.5) is 0 Å². The van der Waals surface area contributed by atoms with Crippen molar-refractivity contribution in [2.24, 2.45) is 0 Å². The number of likely N-dealkylation sites (tertiary alicyclic amines) is 1. The zero-order valence-electron chi connectivity index (χ0n) is 17.7.